The second kappa shape index (κ2) is 9.51. The van der Waals surface area contributed by atoms with Crippen LogP contribution >= 0.6 is 11.6 Å². The van der Waals surface area contributed by atoms with E-state index < -0.39 is 12.0 Å². The number of halogens is 1. The molecule has 2 aromatic rings. The van der Waals surface area contributed by atoms with Crippen molar-refractivity contribution in [2.24, 2.45) is 17.8 Å². The molecule has 1 aliphatic carbocycles. The summed E-state index contributed by atoms with van der Waals surface area (Å²) in [5.41, 5.74) is 1.21. The van der Waals surface area contributed by atoms with E-state index in [0.717, 1.165) is 10.3 Å². The summed E-state index contributed by atoms with van der Waals surface area (Å²) >= 11 is 6.33. The number of aromatic nitrogens is 1. The Morgan fingerprint density at radius 1 is 1.15 bits per heavy atom. The van der Waals surface area contributed by atoms with Crippen LogP contribution in [-0.2, 0) is 25.7 Å². The Labute approximate surface area is 197 Å². The predicted molar refractivity (Wildman–Crippen MR) is 124 cm³/mol. The van der Waals surface area contributed by atoms with Gasteiger partial charge >= 0.3 is 5.97 Å². The van der Waals surface area contributed by atoms with Crippen molar-refractivity contribution >= 4 is 40.3 Å². The fraction of sp³-hybridized carbons (Fsp3) is 0.440. The summed E-state index contributed by atoms with van der Waals surface area (Å²) in [7, 11) is 1.57. The highest BCUT2D eigenvalue weighted by Crippen LogP contribution is 2.37. The molecule has 2 heterocycles. The predicted octanol–water partition coefficient (Wildman–Crippen LogP) is 4.31. The number of amides is 2. The van der Waals surface area contributed by atoms with Crippen LogP contribution in [0, 0.1) is 17.8 Å². The number of ether oxygens (including phenoxy) is 2. The Morgan fingerprint density at radius 2 is 1.82 bits per heavy atom. The molecule has 7 nitrogen and oxygen atoms in total. The Balaban J connectivity index is 1.53. The Morgan fingerprint density at radius 3 is 2.42 bits per heavy atom. The number of rotatable bonds is 7. The molecule has 1 aromatic heterocycles. The number of hydrogen-bond donors (Lipinski definition) is 0. The Bertz CT molecular complexity index is 1100. The molecule has 1 aromatic carbocycles. The van der Waals surface area contributed by atoms with Crippen LogP contribution in [0.2, 0.25) is 5.15 Å². The second-order valence-electron chi connectivity index (χ2n) is 8.95. The molecule has 8 heteroatoms. The monoisotopic (exact) mass is 470 g/mol. The fourth-order valence-electron chi connectivity index (χ4n) is 4.53. The lowest BCUT2D eigenvalue weighted by atomic mass is 9.85. The first-order chi connectivity index (χ1) is 15.8. The van der Waals surface area contributed by atoms with Gasteiger partial charge in [-0.15, -0.1) is 0 Å². The molecule has 2 amide bonds. The van der Waals surface area contributed by atoms with Gasteiger partial charge in [0.05, 0.1) is 24.5 Å². The molecular formula is C25H27ClN2O5. The van der Waals surface area contributed by atoms with Gasteiger partial charge in [0.15, 0.2) is 0 Å². The summed E-state index contributed by atoms with van der Waals surface area (Å²) < 4.78 is 10.8. The van der Waals surface area contributed by atoms with Crippen molar-refractivity contribution in [1.82, 2.24) is 9.88 Å². The van der Waals surface area contributed by atoms with Crippen LogP contribution in [0.25, 0.3) is 10.9 Å². The van der Waals surface area contributed by atoms with Gasteiger partial charge in [-0.3, -0.25) is 14.5 Å². The van der Waals surface area contributed by atoms with Gasteiger partial charge < -0.3 is 9.47 Å². The number of imide groups is 1. The van der Waals surface area contributed by atoms with Gasteiger partial charge in [-0.1, -0.05) is 37.6 Å². The van der Waals surface area contributed by atoms with Crippen molar-refractivity contribution in [3.05, 3.63) is 47.1 Å². The van der Waals surface area contributed by atoms with E-state index in [-0.39, 0.29) is 41.3 Å². The molecule has 0 bridgehead atoms. The number of allylic oxidation sites excluding steroid dienone is 2. The first-order valence-electron chi connectivity index (χ1n) is 11.1. The minimum Gasteiger partial charge on any atom is -0.497 e. The van der Waals surface area contributed by atoms with Crippen molar-refractivity contribution in [2.45, 2.75) is 45.8 Å². The number of nitrogens with zero attached hydrogens (tertiary/aromatic N) is 2. The Hall–Kier alpha value is -2.93. The summed E-state index contributed by atoms with van der Waals surface area (Å²) in [6.45, 7) is 3.78. The maximum Gasteiger partial charge on any atom is 0.329 e. The maximum absolute atomic E-state index is 13.1. The molecular weight excluding hydrogens is 444 g/mol. The van der Waals surface area contributed by atoms with E-state index in [4.69, 9.17) is 21.1 Å². The molecule has 2 aliphatic rings. The third-order valence-corrected chi connectivity index (χ3v) is 6.57. The molecule has 4 rings (SSSR count). The van der Waals surface area contributed by atoms with E-state index >= 15 is 0 Å². The van der Waals surface area contributed by atoms with Crippen LogP contribution in [0.3, 0.4) is 0 Å². The molecule has 1 saturated heterocycles. The lowest BCUT2D eigenvalue weighted by Crippen LogP contribution is -2.47. The van der Waals surface area contributed by atoms with Crippen LogP contribution in [0.5, 0.6) is 5.75 Å². The number of pyridine rings is 1. The maximum atomic E-state index is 13.1. The van der Waals surface area contributed by atoms with Crippen LogP contribution in [0.1, 0.15) is 38.7 Å². The van der Waals surface area contributed by atoms with Crippen LogP contribution in [-0.4, -0.2) is 40.8 Å². The minimum atomic E-state index is -0.952. The van der Waals surface area contributed by atoms with E-state index in [1.807, 2.05) is 38.1 Å². The largest absolute Gasteiger partial charge is 0.497 e. The molecule has 3 atom stereocenters. The van der Waals surface area contributed by atoms with Crippen molar-refractivity contribution in [1.29, 1.82) is 0 Å². The first-order valence-corrected chi connectivity index (χ1v) is 11.5. The summed E-state index contributed by atoms with van der Waals surface area (Å²) in [5.74, 6) is -1.19. The zero-order valence-electron chi connectivity index (χ0n) is 18.9. The quantitative estimate of drug-likeness (QED) is 0.259. The molecule has 0 radical (unpaired) electrons. The molecule has 0 spiro atoms. The number of likely N-dealkylation sites (tertiary alicyclic amines) is 1. The second-order valence-corrected chi connectivity index (χ2v) is 9.31. The standard InChI is InChI=1S/C25H27ClN2O5/c1-14(2)10-21(28-23(29)18-6-4-5-7-19(18)24(28)30)25(31)33-13-16-11-15-8-9-17(32-3)12-20(15)27-22(16)26/h4-5,8-9,11-12,14,18-19,21H,6-7,10,13H2,1-3H3. The van der Waals surface area contributed by atoms with E-state index in [1.54, 1.807) is 19.2 Å². The van der Waals surface area contributed by atoms with Crippen molar-refractivity contribution in [3.63, 3.8) is 0 Å². The van der Waals surface area contributed by atoms with Gasteiger partial charge in [-0.25, -0.2) is 9.78 Å². The average molecular weight is 471 g/mol. The van der Waals surface area contributed by atoms with Gasteiger partial charge in [-0.2, -0.15) is 0 Å². The molecule has 1 fully saturated rings. The summed E-state index contributed by atoms with van der Waals surface area (Å²) in [4.78, 5) is 44.7. The Kier molecular flexibility index (Phi) is 6.70. The normalized spacial score (nSPS) is 20.9. The van der Waals surface area contributed by atoms with Gasteiger partial charge in [-0.05, 0) is 43.4 Å². The van der Waals surface area contributed by atoms with E-state index in [2.05, 4.69) is 4.98 Å². The van der Waals surface area contributed by atoms with Crippen molar-refractivity contribution < 1.29 is 23.9 Å². The molecule has 0 saturated carbocycles. The van der Waals surface area contributed by atoms with Crippen LogP contribution in [0.15, 0.2) is 36.4 Å². The smallest absolute Gasteiger partial charge is 0.329 e. The minimum absolute atomic E-state index is 0.0878. The number of carbonyl (C=O) groups is 3. The highest BCUT2D eigenvalue weighted by atomic mass is 35.5. The molecule has 174 valence electrons. The van der Waals surface area contributed by atoms with Gasteiger partial charge in [0.25, 0.3) is 0 Å². The van der Waals surface area contributed by atoms with Gasteiger partial charge in [0.1, 0.15) is 23.6 Å². The SMILES string of the molecule is COc1ccc2cc(COC(=O)C(CC(C)C)N3C(=O)C4CC=CCC4C3=O)c(Cl)nc2c1. The number of carbonyl (C=O) groups excluding carboxylic acids is 3. The molecule has 0 N–H and O–H groups in total. The third-order valence-electron chi connectivity index (χ3n) is 6.24. The summed E-state index contributed by atoms with van der Waals surface area (Å²) in [5, 5.41) is 1.04. The van der Waals surface area contributed by atoms with Crippen LogP contribution in [0.4, 0.5) is 0 Å². The number of esters is 1. The third kappa shape index (κ3) is 4.60. The summed E-state index contributed by atoms with van der Waals surface area (Å²) in [6, 6.07) is 6.29. The zero-order chi connectivity index (χ0) is 23.7. The zero-order valence-corrected chi connectivity index (χ0v) is 19.7. The highest BCUT2D eigenvalue weighted by molar-refractivity contribution is 6.30. The first kappa shape index (κ1) is 23.2. The van der Waals surface area contributed by atoms with E-state index in [1.165, 1.54) is 0 Å². The lowest BCUT2D eigenvalue weighted by Gasteiger charge is -2.26. The van der Waals surface area contributed by atoms with Crippen molar-refractivity contribution in [3.8, 4) is 5.75 Å². The van der Waals surface area contributed by atoms with Gasteiger partial charge in [0.2, 0.25) is 11.8 Å². The van der Waals surface area contributed by atoms with Crippen LogP contribution < -0.4 is 4.74 Å². The highest BCUT2D eigenvalue weighted by Gasteiger charge is 2.51. The van der Waals surface area contributed by atoms with Gasteiger partial charge in [0, 0.05) is 17.0 Å². The lowest BCUT2D eigenvalue weighted by molar-refractivity contribution is -0.160. The van der Waals surface area contributed by atoms with E-state index in [0.29, 0.717) is 36.1 Å². The van der Waals surface area contributed by atoms with Crippen molar-refractivity contribution in [2.75, 3.05) is 7.11 Å². The average Bonchev–Trinajstić information content (AvgIpc) is 3.05. The number of methoxy groups -OCH3 is 1. The molecule has 1 aliphatic heterocycles. The number of hydrogen-bond acceptors (Lipinski definition) is 6. The topological polar surface area (TPSA) is 85.8 Å². The fourth-order valence-corrected chi connectivity index (χ4v) is 4.73. The molecule has 33 heavy (non-hydrogen) atoms. The van der Waals surface area contributed by atoms with E-state index in [9.17, 15) is 14.4 Å². The summed E-state index contributed by atoms with van der Waals surface area (Å²) in [6.07, 6.45) is 5.25. The number of fused-ring (bicyclic) bond motifs is 2. The number of benzene rings is 1. The molecule has 3 unspecified atom stereocenters.